The van der Waals surface area contributed by atoms with E-state index in [4.69, 9.17) is 26.8 Å². The Morgan fingerprint density at radius 3 is 2.78 bits per heavy atom. The summed E-state index contributed by atoms with van der Waals surface area (Å²) in [6, 6.07) is 5.02. The van der Waals surface area contributed by atoms with Gasteiger partial charge in [-0.25, -0.2) is 0 Å². The van der Waals surface area contributed by atoms with E-state index in [1.165, 1.54) is 0 Å². The fourth-order valence-electron chi connectivity index (χ4n) is 1.37. The van der Waals surface area contributed by atoms with E-state index in [1.54, 1.807) is 25.3 Å². The van der Waals surface area contributed by atoms with E-state index in [0.717, 1.165) is 6.42 Å². The Balaban J connectivity index is 2.32. The van der Waals surface area contributed by atoms with Crippen LogP contribution in [0, 0.1) is 0 Å². The molecule has 0 amide bonds. The zero-order valence-corrected chi connectivity index (χ0v) is 11.9. The van der Waals surface area contributed by atoms with Crippen molar-refractivity contribution in [2.75, 3.05) is 38.4 Å². The number of rotatable bonds is 8. The van der Waals surface area contributed by atoms with Crippen LogP contribution in [0.15, 0.2) is 23.1 Å². The van der Waals surface area contributed by atoms with E-state index in [0.29, 0.717) is 41.2 Å². The summed E-state index contributed by atoms with van der Waals surface area (Å²) in [5, 5.41) is 0.552. The van der Waals surface area contributed by atoms with Crippen molar-refractivity contribution < 1.29 is 13.7 Å². The van der Waals surface area contributed by atoms with Crippen LogP contribution in [0.3, 0.4) is 0 Å². The molecule has 4 nitrogen and oxygen atoms in total. The highest BCUT2D eigenvalue weighted by Crippen LogP contribution is 2.21. The van der Waals surface area contributed by atoms with Gasteiger partial charge in [-0.15, -0.1) is 0 Å². The molecule has 2 N–H and O–H groups in total. The quantitative estimate of drug-likeness (QED) is 0.588. The van der Waals surface area contributed by atoms with Crippen LogP contribution in [0.25, 0.3) is 0 Å². The third kappa shape index (κ3) is 5.35. The van der Waals surface area contributed by atoms with Crippen LogP contribution in [0.1, 0.15) is 6.42 Å². The van der Waals surface area contributed by atoms with E-state index in [1.807, 2.05) is 0 Å². The second kappa shape index (κ2) is 8.48. The first kappa shape index (κ1) is 15.4. The van der Waals surface area contributed by atoms with Crippen molar-refractivity contribution in [2.24, 2.45) is 0 Å². The van der Waals surface area contributed by atoms with Gasteiger partial charge in [0.1, 0.15) is 0 Å². The van der Waals surface area contributed by atoms with E-state index in [2.05, 4.69) is 0 Å². The van der Waals surface area contributed by atoms with E-state index < -0.39 is 10.8 Å². The Bertz CT molecular complexity index is 401. The normalized spacial score (nSPS) is 12.6. The average Bonchev–Trinajstić information content (AvgIpc) is 2.33. The van der Waals surface area contributed by atoms with Gasteiger partial charge in [-0.2, -0.15) is 0 Å². The molecule has 0 bridgehead atoms. The maximum absolute atomic E-state index is 12.0. The Hall–Kier alpha value is -0.620. The van der Waals surface area contributed by atoms with Crippen molar-refractivity contribution in [3.8, 4) is 0 Å². The summed E-state index contributed by atoms with van der Waals surface area (Å²) in [4.78, 5) is 0.635. The molecule has 0 saturated heterocycles. The van der Waals surface area contributed by atoms with Crippen LogP contribution in [-0.2, 0) is 20.3 Å². The monoisotopic (exact) mass is 291 g/mol. The van der Waals surface area contributed by atoms with Crippen molar-refractivity contribution in [3.05, 3.63) is 23.2 Å². The maximum Gasteiger partial charge on any atom is 0.0700 e. The first-order valence-electron chi connectivity index (χ1n) is 5.65. The molecule has 0 radical (unpaired) electrons. The molecule has 0 aliphatic heterocycles. The zero-order chi connectivity index (χ0) is 13.4. The molecule has 1 unspecified atom stereocenters. The summed E-state index contributed by atoms with van der Waals surface area (Å²) in [5.74, 6) is 0.527. The topological polar surface area (TPSA) is 61.5 Å². The smallest absolute Gasteiger partial charge is 0.0700 e. The number of hydrogen-bond acceptors (Lipinski definition) is 4. The number of hydrogen-bond donors (Lipinski definition) is 1. The molecule has 1 rings (SSSR count). The molecule has 0 aromatic heterocycles. The molecular weight excluding hydrogens is 274 g/mol. The highest BCUT2D eigenvalue weighted by Gasteiger charge is 2.08. The first-order chi connectivity index (χ1) is 8.65. The van der Waals surface area contributed by atoms with Gasteiger partial charge in [0.2, 0.25) is 0 Å². The van der Waals surface area contributed by atoms with E-state index in [9.17, 15) is 4.21 Å². The van der Waals surface area contributed by atoms with Crippen molar-refractivity contribution in [3.63, 3.8) is 0 Å². The molecule has 6 heteroatoms. The van der Waals surface area contributed by atoms with Crippen LogP contribution in [-0.4, -0.2) is 36.9 Å². The summed E-state index contributed by atoms with van der Waals surface area (Å²) in [7, 11) is 0.521. The van der Waals surface area contributed by atoms with Crippen molar-refractivity contribution in [1.82, 2.24) is 0 Å². The molecule has 0 aliphatic rings. The van der Waals surface area contributed by atoms with Gasteiger partial charge in [-0.3, -0.25) is 4.21 Å². The van der Waals surface area contributed by atoms with E-state index in [-0.39, 0.29) is 0 Å². The lowest BCUT2D eigenvalue weighted by Gasteiger charge is -2.06. The average molecular weight is 292 g/mol. The number of ether oxygens (including phenoxy) is 2. The predicted molar refractivity (Wildman–Crippen MR) is 74.5 cm³/mol. The Morgan fingerprint density at radius 1 is 1.33 bits per heavy atom. The minimum absolute atomic E-state index is 0.473. The lowest BCUT2D eigenvalue weighted by molar-refractivity contribution is 0.0713. The van der Waals surface area contributed by atoms with Gasteiger partial charge < -0.3 is 15.2 Å². The molecule has 102 valence electrons. The Morgan fingerprint density at radius 2 is 2.11 bits per heavy atom. The SMILES string of the molecule is COCCOCCCS(=O)c1ccc(Cl)cc1N. The Kier molecular flexibility index (Phi) is 7.27. The van der Waals surface area contributed by atoms with Gasteiger partial charge in [-0.1, -0.05) is 11.6 Å². The molecule has 0 heterocycles. The minimum Gasteiger partial charge on any atom is -0.398 e. The maximum atomic E-state index is 12.0. The number of nitrogens with two attached hydrogens (primary N) is 1. The second-order valence-electron chi connectivity index (χ2n) is 3.69. The molecule has 18 heavy (non-hydrogen) atoms. The molecule has 0 aliphatic carbocycles. The fourth-order valence-corrected chi connectivity index (χ4v) is 2.70. The number of benzene rings is 1. The van der Waals surface area contributed by atoms with Crippen LogP contribution in [0.2, 0.25) is 5.02 Å². The third-order valence-electron chi connectivity index (χ3n) is 2.27. The third-order valence-corrected chi connectivity index (χ3v) is 4.02. The number of nitrogen functional groups attached to an aromatic ring is 1. The standard InChI is InChI=1S/C12H18ClNO3S/c1-16-6-7-17-5-2-8-18(15)12-4-3-10(13)9-11(12)14/h3-4,9H,2,5-8,14H2,1H3. The summed E-state index contributed by atoms with van der Waals surface area (Å²) in [6.45, 7) is 1.71. The summed E-state index contributed by atoms with van der Waals surface area (Å²) >= 11 is 5.79. The van der Waals surface area contributed by atoms with Crippen LogP contribution in [0.5, 0.6) is 0 Å². The van der Waals surface area contributed by atoms with Gasteiger partial charge in [0.25, 0.3) is 0 Å². The first-order valence-corrected chi connectivity index (χ1v) is 7.35. The van der Waals surface area contributed by atoms with Gasteiger partial charge in [-0.05, 0) is 24.6 Å². The highest BCUT2D eigenvalue weighted by atomic mass is 35.5. The largest absolute Gasteiger partial charge is 0.398 e. The second-order valence-corrected chi connectivity index (χ2v) is 5.67. The van der Waals surface area contributed by atoms with Crippen molar-refractivity contribution in [1.29, 1.82) is 0 Å². The van der Waals surface area contributed by atoms with Gasteiger partial charge in [0.15, 0.2) is 0 Å². The predicted octanol–water partition coefficient (Wildman–Crippen LogP) is 2.08. The lowest BCUT2D eigenvalue weighted by atomic mass is 10.3. The van der Waals surface area contributed by atoms with E-state index >= 15 is 0 Å². The number of anilines is 1. The summed E-state index contributed by atoms with van der Waals surface area (Å²) < 4.78 is 22.1. The van der Waals surface area contributed by atoms with Crippen molar-refractivity contribution in [2.45, 2.75) is 11.3 Å². The molecule has 1 aromatic rings. The Labute approximate surface area is 115 Å². The van der Waals surface area contributed by atoms with Gasteiger partial charge in [0.05, 0.1) is 28.9 Å². The van der Waals surface area contributed by atoms with Crippen LogP contribution in [0.4, 0.5) is 5.69 Å². The van der Waals surface area contributed by atoms with Crippen LogP contribution < -0.4 is 5.73 Å². The number of halogens is 1. The molecule has 1 aromatic carbocycles. The zero-order valence-electron chi connectivity index (χ0n) is 10.4. The lowest BCUT2D eigenvalue weighted by Crippen LogP contribution is -2.07. The fraction of sp³-hybridized carbons (Fsp3) is 0.500. The van der Waals surface area contributed by atoms with Gasteiger partial charge >= 0.3 is 0 Å². The summed E-state index contributed by atoms with van der Waals surface area (Å²) in [5.41, 5.74) is 6.24. The molecule has 0 saturated carbocycles. The summed E-state index contributed by atoms with van der Waals surface area (Å²) in [6.07, 6.45) is 0.721. The molecule has 0 fully saturated rings. The van der Waals surface area contributed by atoms with Gasteiger partial charge in [0, 0.05) is 30.2 Å². The van der Waals surface area contributed by atoms with Crippen LogP contribution >= 0.6 is 11.6 Å². The highest BCUT2D eigenvalue weighted by molar-refractivity contribution is 7.85. The molecule has 0 spiro atoms. The minimum atomic E-state index is -1.11. The number of methoxy groups -OCH3 is 1. The van der Waals surface area contributed by atoms with Crippen molar-refractivity contribution >= 4 is 28.1 Å². The molecular formula is C12H18ClNO3S. The molecule has 1 atom stereocenters.